The van der Waals surface area contributed by atoms with Crippen LogP contribution in [0.2, 0.25) is 0 Å². The van der Waals surface area contributed by atoms with Gasteiger partial charge in [0.15, 0.2) is 0 Å². The lowest BCUT2D eigenvalue weighted by Crippen LogP contribution is -2.46. The van der Waals surface area contributed by atoms with E-state index in [0.717, 1.165) is 0 Å². The molecule has 178 valence electrons. The number of hydrogen-bond donors (Lipinski definition) is 6. The summed E-state index contributed by atoms with van der Waals surface area (Å²) >= 11 is 0. The predicted octanol–water partition coefficient (Wildman–Crippen LogP) is 0.610. The van der Waals surface area contributed by atoms with Crippen LogP contribution in [0, 0.1) is 11.8 Å². The molecule has 32 heavy (non-hydrogen) atoms. The van der Waals surface area contributed by atoms with Gasteiger partial charge in [-0.2, -0.15) is 0 Å². The summed E-state index contributed by atoms with van der Waals surface area (Å²) < 4.78 is 0. The van der Waals surface area contributed by atoms with E-state index in [1.54, 1.807) is 18.2 Å². The normalized spacial score (nSPS) is 12.8. The first kappa shape index (κ1) is 27.1. The molecule has 0 unspecified atom stereocenters. The van der Waals surface area contributed by atoms with Crippen molar-refractivity contribution < 1.29 is 29.4 Å². The number of carbonyl (C=O) groups excluding carboxylic acids is 4. The average molecular weight is 451 g/mol. The summed E-state index contributed by atoms with van der Waals surface area (Å²) in [4.78, 5) is 48.6. The van der Waals surface area contributed by atoms with E-state index in [9.17, 15) is 29.4 Å². The van der Waals surface area contributed by atoms with Crippen LogP contribution >= 0.6 is 0 Å². The van der Waals surface area contributed by atoms with Crippen molar-refractivity contribution in [2.75, 3.05) is 23.8 Å². The Kier molecular flexibility index (Phi) is 11.4. The fraction of sp³-hybridized carbons (Fsp3) is 0.545. The van der Waals surface area contributed by atoms with Crippen molar-refractivity contribution >= 4 is 35.0 Å². The number of carbonyl (C=O) groups is 4. The minimum atomic E-state index is -1.12. The molecule has 0 saturated carbocycles. The molecular weight excluding hydrogens is 416 g/mol. The highest BCUT2D eigenvalue weighted by Gasteiger charge is 2.22. The van der Waals surface area contributed by atoms with Crippen LogP contribution in [0.1, 0.15) is 40.5 Å². The van der Waals surface area contributed by atoms with Gasteiger partial charge >= 0.3 is 0 Å². The molecule has 10 nitrogen and oxygen atoms in total. The van der Waals surface area contributed by atoms with Crippen LogP contribution in [0.25, 0.3) is 0 Å². The van der Waals surface area contributed by atoms with Crippen molar-refractivity contribution in [3.05, 3.63) is 24.3 Å². The van der Waals surface area contributed by atoms with Crippen LogP contribution in [-0.2, 0) is 19.2 Å². The average Bonchev–Trinajstić information content (AvgIpc) is 2.69. The number of benzene rings is 1. The Morgan fingerprint density at radius 2 is 1.12 bits per heavy atom. The maximum Gasteiger partial charge on any atom is 0.249 e. The smallest absolute Gasteiger partial charge is 0.249 e. The summed E-state index contributed by atoms with van der Waals surface area (Å²) in [6.45, 7) is 6.32. The molecule has 0 saturated heterocycles. The Morgan fingerprint density at radius 3 is 1.44 bits per heavy atom. The molecular formula is C22H34N4O6. The SMILES string of the molecule is CC(C)CC(=O)N[C@@H](CO)C(=O)Nc1cccc(NC(=O)[C@H](CO)NC(=O)CC(C)C)c1. The van der Waals surface area contributed by atoms with Gasteiger partial charge in [0.25, 0.3) is 0 Å². The largest absolute Gasteiger partial charge is 0.394 e. The molecule has 10 heteroatoms. The zero-order valence-electron chi connectivity index (χ0n) is 19.0. The summed E-state index contributed by atoms with van der Waals surface area (Å²) in [5.74, 6) is -1.69. The van der Waals surface area contributed by atoms with E-state index in [0.29, 0.717) is 11.4 Å². The van der Waals surface area contributed by atoms with Crippen molar-refractivity contribution in [3.8, 4) is 0 Å². The van der Waals surface area contributed by atoms with E-state index in [-0.39, 0.29) is 36.5 Å². The molecule has 1 rings (SSSR count). The first-order chi connectivity index (χ1) is 15.0. The number of aliphatic hydroxyl groups excluding tert-OH is 2. The highest BCUT2D eigenvalue weighted by molar-refractivity contribution is 6.00. The molecule has 0 spiro atoms. The molecule has 6 N–H and O–H groups in total. The Morgan fingerprint density at radius 1 is 0.750 bits per heavy atom. The molecule has 0 heterocycles. The number of anilines is 2. The lowest BCUT2D eigenvalue weighted by atomic mass is 10.1. The second-order valence-electron chi connectivity index (χ2n) is 8.36. The van der Waals surface area contributed by atoms with Gasteiger partial charge in [0.2, 0.25) is 23.6 Å². The summed E-state index contributed by atoms with van der Waals surface area (Å²) in [7, 11) is 0. The van der Waals surface area contributed by atoms with E-state index in [4.69, 9.17) is 0 Å². The minimum absolute atomic E-state index is 0.107. The van der Waals surface area contributed by atoms with Crippen LogP contribution in [0.5, 0.6) is 0 Å². The Labute approximate surface area is 188 Å². The van der Waals surface area contributed by atoms with Crippen LogP contribution in [0.3, 0.4) is 0 Å². The van der Waals surface area contributed by atoms with Gasteiger partial charge in [0.1, 0.15) is 12.1 Å². The van der Waals surface area contributed by atoms with Crippen LogP contribution in [-0.4, -0.2) is 59.1 Å². The van der Waals surface area contributed by atoms with Gasteiger partial charge in [-0.25, -0.2) is 0 Å². The van der Waals surface area contributed by atoms with Gasteiger partial charge in [0, 0.05) is 24.2 Å². The topological polar surface area (TPSA) is 157 Å². The molecule has 0 aliphatic heterocycles. The number of hydrogen-bond acceptors (Lipinski definition) is 6. The number of rotatable bonds is 12. The third kappa shape index (κ3) is 9.88. The van der Waals surface area contributed by atoms with E-state index >= 15 is 0 Å². The number of amides is 4. The number of nitrogens with one attached hydrogen (secondary N) is 4. The predicted molar refractivity (Wildman–Crippen MR) is 121 cm³/mol. The van der Waals surface area contributed by atoms with Gasteiger partial charge in [-0.3, -0.25) is 19.2 Å². The first-order valence-electron chi connectivity index (χ1n) is 10.6. The van der Waals surface area contributed by atoms with Gasteiger partial charge < -0.3 is 31.5 Å². The van der Waals surface area contributed by atoms with Crippen LogP contribution in [0.4, 0.5) is 11.4 Å². The molecule has 0 radical (unpaired) electrons. The monoisotopic (exact) mass is 450 g/mol. The lowest BCUT2D eigenvalue weighted by Gasteiger charge is -2.18. The van der Waals surface area contributed by atoms with E-state index in [1.807, 2.05) is 27.7 Å². The van der Waals surface area contributed by atoms with Gasteiger partial charge in [-0.1, -0.05) is 33.8 Å². The standard InChI is InChI=1S/C22H34N4O6/c1-13(2)8-19(29)25-17(11-27)21(31)23-15-6-5-7-16(10-15)24-22(32)18(12-28)26-20(30)9-14(3)4/h5-7,10,13-14,17-18,27-28H,8-9,11-12H2,1-4H3,(H,23,31)(H,24,32)(H,25,29)(H,26,30)/t17-,18-/m0/s1. The molecule has 0 aliphatic carbocycles. The number of aliphatic hydroxyl groups is 2. The van der Waals surface area contributed by atoms with Crippen molar-refractivity contribution in [1.29, 1.82) is 0 Å². The fourth-order valence-electron chi connectivity index (χ4n) is 2.77. The zero-order chi connectivity index (χ0) is 24.3. The van der Waals surface area contributed by atoms with Crippen molar-refractivity contribution in [1.82, 2.24) is 10.6 Å². The van der Waals surface area contributed by atoms with Crippen LogP contribution in [0.15, 0.2) is 24.3 Å². The van der Waals surface area contributed by atoms with E-state index < -0.39 is 37.1 Å². The Hall–Kier alpha value is -2.98. The molecule has 0 aromatic heterocycles. The van der Waals surface area contributed by atoms with Gasteiger partial charge in [0.05, 0.1) is 13.2 Å². The molecule has 4 amide bonds. The van der Waals surface area contributed by atoms with Crippen molar-refractivity contribution in [2.45, 2.75) is 52.6 Å². The van der Waals surface area contributed by atoms with Gasteiger partial charge in [-0.05, 0) is 30.0 Å². The summed E-state index contributed by atoms with van der Waals surface area (Å²) in [6, 6.07) is 3.98. The molecule has 2 atom stereocenters. The first-order valence-corrected chi connectivity index (χ1v) is 10.6. The zero-order valence-corrected chi connectivity index (χ0v) is 19.0. The quantitative estimate of drug-likeness (QED) is 0.274. The van der Waals surface area contributed by atoms with Gasteiger partial charge in [-0.15, -0.1) is 0 Å². The van der Waals surface area contributed by atoms with E-state index in [2.05, 4.69) is 21.3 Å². The second kappa shape index (κ2) is 13.4. The molecule has 0 aliphatic rings. The fourth-order valence-corrected chi connectivity index (χ4v) is 2.77. The molecule has 0 bridgehead atoms. The van der Waals surface area contributed by atoms with E-state index in [1.165, 1.54) is 6.07 Å². The molecule has 1 aromatic carbocycles. The molecule has 0 fully saturated rings. The summed E-state index contributed by atoms with van der Waals surface area (Å²) in [6.07, 6.45) is 0.454. The second-order valence-corrected chi connectivity index (χ2v) is 8.36. The van der Waals surface area contributed by atoms with Crippen LogP contribution < -0.4 is 21.3 Å². The van der Waals surface area contributed by atoms with Crippen molar-refractivity contribution in [3.63, 3.8) is 0 Å². The third-order valence-electron chi connectivity index (χ3n) is 4.25. The highest BCUT2D eigenvalue weighted by atomic mass is 16.3. The summed E-state index contributed by atoms with van der Waals surface area (Å²) in [5, 5.41) is 29.0. The Balaban J connectivity index is 2.75. The maximum absolute atomic E-state index is 12.4. The maximum atomic E-state index is 12.4. The molecule has 1 aromatic rings. The highest BCUT2D eigenvalue weighted by Crippen LogP contribution is 2.16. The minimum Gasteiger partial charge on any atom is -0.394 e. The lowest BCUT2D eigenvalue weighted by molar-refractivity contribution is -0.127. The summed E-state index contributed by atoms with van der Waals surface area (Å²) in [5.41, 5.74) is 0.655. The van der Waals surface area contributed by atoms with Crippen molar-refractivity contribution in [2.24, 2.45) is 11.8 Å². The Bertz CT molecular complexity index is 735. The third-order valence-corrected chi connectivity index (χ3v) is 4.25.